The molecule has 0 amide bonds. The van der Waals surface area contributed by atoms with Gasteiger partial charge in [-0.15, -0.1) is 0 Å². The van der Waals surface area contributed by atoms with Gasteiger partial charge in [-0.3, -0.25) is 0 Å². The van der Waals surface area contributed by atoms with Crippen LogP contribution in [0, 0.1) is 6.92 Å². The first-order chi connectivity index (χ1) is 7.47. The maximum Gasteiger partial charge on any atom is 0.192 e. The van der Waals surface area contributed by atoms with Crippen molar-refractivity contribution in [1.82, 2.24) is 4.98 Å². The van der Waals surface area contributed by atoms with Crippen molar-refractivity contribution >= 4 is 11.1 Å². The lowest BCUT2D eigenvalue weighted by Crippen LogP contribution is -2.10. The first kappa shape index (κ1) is 12.8. The van der Waals surface area contributed by atoms with Crippen molar-refractivity contribution in [2.45, 2.75) is 47.0 Å². The van der Waals surface area contributed by atoms with Crippen LogP contribution in [0.2, 0.25) is 0 Å². The quantitative estimate of drug-likeness (QED) is 0.653. The number of hydrogen-bond acceptors (Lipinski definition) is 2. The highest BCUT2D eigenvalue weighted by Gasteiger charge is 2.14. The van der Waals surface area contributed by atoms with E-state index in [-0.39, 0.29) is 5.41 Å². The smallest absolute Gasteiger partial charge is 0.192 e. The molecule has 0 radical (unpaired) electrons. The molecule has 1 heterocycles. The molecule has 88 valence electrons. The van der Waals surface area contributed by atoms with Crippen LogP contribution in [0.3, 0.4) is 0 Å². The maximum absolute atomic E-state index is 5.42. The number of nitrogens with zero attached hydrogens (tertiary/aromatic N) is 1. The summed E-state index contributed by atoms with van der Waals surface area (Å²) in [6, 6.07) is 6.20. The van der Waals surface area contributed by atoms with Crippen LogP contribution in [-0.2, 0) is 5.41 Å². The summed E-state index contributed by atoms with van der Waals surface area (Å²) in [6.45, 7) is 12.5. The summed E-state index contributed by atoms with van der Waals surface area (Å²) in [6.07, 6.45) is 0. The van der Waals surface area contributed by atoms with Gasteiger partial charge >= 0.3 is 0 Å². The number of benzene rings is 1. The van der Waals surface area contributed by atoms with E-state index in [1.165, 1.54) is 5.56 Å². The Hall–Kier alpha value is -1.31. The Labute approximate surface area is 97.7 Å². The Balaban J connectivity index is 0.000000606. The summed E-state index contributed by atoms with van der Waals surface area (Å²) < 4.78 is 5.42. The SMILES string of the molecule is CC.Cc1nc2cc(C(C)(C)C)ccc2o1. The maximum atomic E-state index is 5.42. The number of rotatable bonds is 0. The second kappa shape index (κ2) is 4.69. The van der Waals surface area contributed by atoms with Gasteiger partial charge in [0.2, 0.25) is 0 Å². The third-order valence-corrected chi connectivity index (χ3v) is 2.36. The van der Waals surface area contributed by atoms with Crippen LogP contribution in [0.1, 0.15) is 46.1 Å². The van der Waals surface area contributed by atoms with Gasteiger partial charge in [-0.1, -0.05) is 40.7 Å². The van der Waals surface area contributed by atoms with Crippen molar-refractivity contribution < 1.29 is 4.42 Å². The molecule has 0 unspecified atom stereocenters. The highest BCUT2D eigenvalue weighted by atomic mass is 16.3. The summed E-state index contributed by atoms with van der Waals surface area (Å²) in [4.78, 5) is 4.32. The van der Waals surface area contributed by atoms with Gasteiger partial charge in [0.1, 0.15) is 5.52 Å². The van der Waals surface area contributed by atoms with Crippen molar-refractivity contribution in [2.75, 3.05) is 0 Å². The van der Waals surface area contributed by atoms with Crippen LogP contribution < -0.4 is 0 Å². The Morgan fingerprint density at radius 2 is 1.75 bits per heavy atom. The highest BCUT2D eigenvalue weighted by molar-refractivity contribution is 5.73. The van der Waals surface area contributed by atoms with E-state index in [1.54, 1.807) is 0 Å². The minimum atomic E-state index is 0.168. The molecule has 0 aliphatic carbocycles. The van der Waals surface area contributed by atoms with Crippen LogP contribution in [-0.4, -0.2) is 4.98 Å². The average molecular weight is 219 g/mol. The molecule has 0 aliphatic heterocycles. The molecule has 2 aromatic rings. The molecule has 2 nitrogen and oxygen atoms in total. The lowest BCUT2D eigenvalue weighted by atomic mass is 9.87. The predicted molar refractivity (Wildman–Crippen MR) is 68.8 cm³/mol. The van der Waals surface area contributed by atoms with Crippen molar-refractivity contribution in [3.63, 3.8) is 0 Å². The van der Waals surface area contributed by atoms with Crippen LogP contribution in [0.15, 0.2) is 22.6 Å². The molecule has 0 atom stereocenters. The Morgan fingerprint density at radius 3 is 2.31 bits per heavy atom. The molecule has 0 saturated carbocycles. The minimum absolute atomic E-state index is 0.168. The molecule has 2 heteroatoms. The molecule has 2 rings (SSSR count). The zero-order chi connectivity index (χ0) is 12.3. The molecule has 1 aromatic carbocycles. The van der Waals surface area contributed by atoms with E-state index in [0.29, 0.717) is 0 Å². The van der Waals surface area contributed by atoms with E-state index in [0.717, 1.165) is 17.0 Å². The molecule has 0 aliphatic rings. The second-order valence-electron chi connectivity index (χ2n) is 4.67. The van der Waals surface area contributed by atoms with E-state index in [9.17, 15) is 0 Å². The third-order valence-electron chi connectivity index (χ3n) is 2.36. The molecular formula is C14H21NO. The van der Waals surface area contributed by atoms with Crippen LogP contribution in [0.25, 0.3) is 11.1 Å². The van der Waals surface area contributed by atoms with Gasteiger partial charge in [0, 0.05) is 6.92 Å². The molecule has 0 spiro atoms. The van der Waals surface area contributed by atoms with Crippen molar-refractivity contribution in [2.24, 2.45) is 0 Å². The van der Waals surface area contributed by atoms with Crippen molar-refractivity contribution in [1.29, 1.82) is 0 Å². The molecule has 0 N–H and O–H groups in total. The zero-order valence-corrected chi connectivity index (χ0v) is 11.1. The molecule has 16 heavy (non-hydrogen) atoms. The summed E-state index contributed by atoms with van der Waals surface area (Å²) in [7, 11) is 0. The van der Waals surface area contributed by atoms with Gasteiger partial charge in [-0.25, -0.2) is 4.98 Å². The summed E-state index contributed by atoms with van der Waals surface area (Å²) >= 11 is 0. The van der Waals surface area contributed by atoms with E-state index >= 15 is 0 Å². The molecule has 0 fully saturated rings. The number of fused-ring (bicyclic) bond motifs is 1. The summed E-state index contributed by atoms with van der Waals surface area (Å²) in [5, 5.41) is 0. The molecule has 0 saturated heterocycles. The van der Waals surface area contributed by atoms with Gasteiger partial charge < -0.3 is 4.42 Å². The van der Waals surface area contributed by atoms with Gasteiger partial charge in [0.05, 0.1) is 0 Å². The Morgan fingerprint density at radius 1 is 1.12 bits per heavy atom. The summed E-state index contributed by atoms with van der Waals surface area (Å²) in [5.41, 5.74) is 3.28. The fourth-order valence-corrected chi connectivity index (χ4v) is 1.51. The summed E-state index contributed by atoms with van der Waals surface area (Å²) in [5.74, 6) is 0.728. The molecule has 1 aromatic heterocycles. The first-order valence-electron chi connectivity index (χ1n) is 5.84. The zero-order valence-electron chi connectivity index (χ0n) is 11.1. The topological polar surface area (TPSA) is 26.0 Å². The fraction of sp³-hybridized carbons (Fsp3) is 0.500. The van der Waals surface area contributed by atoms with E-state index in [2.05, 4.69) is 37.9 Å². The fourth-order valence-electron chi connectivity index (χ4n) is 1.51. The van der Waals surface area contributed by atoms with E-state index in [4.69, 9.17) is 4.42 Å². The Kier molecular flexibility index (Phi) is 3.74. The first-order valence-corrected chi connectivity index (χ1v) is 5.84. The van der Waals surface area contributed by atoms with Crippen LogP contribution in [0.5, 0.6) is 0 Å². The van der Waals surface area contributed by atoms with Gasteiger partial charge in [0.15, 0.2) is 11.5 Å². The van der Waals surface area contributed by atoms with Gasteiger partial charge in [-0.2, -0.15) is 0 Å². The average Bonchev–Trinajstić information content (AvgIpc) is 2.58. The number of oxazole rings is 1. The minimum Gasteiger partial charge on any atom is -0.441 e. The Bertz CT molecular complexity index is 463. The normalized spacial score (nSPS) is 11.1. The van der Waals surface area contributed by atoms with Gasteiger partial charge in [0.25, 0.3) is 0 Å². The second-order valence-corrected chi connectivity index (χ2v) is 4.67. The van der Waals surface area contributed by atoms with Gasteiger partial charge in [-0.05, 0) is 23.1 Å². The predicted octanol–water partition coefficient (Wildman–Crippen LogP) is 4.46. The third kappa shape index (κ3) is 2.63. The molecular weight excluding hydrogens is 198 g/mol. The van der Waals surface area contributed by atoms with Crippen molar-refractivity contribution in [3.8, 4) is 0 Å². The lowest BCUT2D eigenvalue weighted by Gasteiger charge is -2.18. The lowest BCUT2D eigenvalue weighted by molar-refractivity contribution is 0.560. The van der Waals surface area contributed by atoms with Crippen LogP contribution in [0.4, 0.5) is 0 Å². The number of hydrogen-bond donors (Lipinski definition) is 0. The largest absolute Gasteiger partial charge is 0.441 e. The highest BCUT2D eigenvalue weighted by Crippen LogP contribution is 2.25. The number of aryl methyl sites for hydroxylation is 1. The molecule has 0 bridgehead atoms. The van der Waals surface area contributed by atoms with Crippen molar-refractivity contribution in [3.05, 3.63) is 29.7 Å². The number of aromatic nitrogens is 1. The van der Waals surface area contributed by atoms with Crippen LogP contribution >= 0.6 is 0 Å². The monoisotopic (exact) mass is 219 g/mol. The standard InChI is InChI=1S/C12H15NO.C2H6/c1-8-13-10-7-9(12(2,3)4)5-6-11(10)14-8;1-2/h5-7H,1-4H3;1-2H3. The van der Waals surface area contributed by atoms with E-state index < -0.39 is 0 Å². The van der Waals surface area contributed by atoms with E-state index in [1.807, 2.05) is 26.8 Å².